The monoisotopic (exact) mass is 604 g/mol. The van der Waals surface area contributed by atoms with E-state index in [-0.39, 0.29) is 23.8 Å². The number of rotatable bonds is 7. The molecule has 194 valence electrons. The lowest BCUT2D eigenvalue weighted by Crippen LogP contribution is -2.40. The largest absolute Gasteiger partial charge is 0.493 e. The Labute approximate surface area is 231 Å². The second-order valence-electron chi connectivity index (χ2n) is 8.52. The van der Waals surface area contributed by atoms with Crippen molar-refractivity contribution < 1.29 is 19.0 Å². The summed E-state index contributed by atoms with van der Waals surface area (Å²) in [5.41, 5.74) is 1.73. The second-order valence-corrected chi connectivity index (χ2v) is 10.8. The van der Waals surface area contributed by atoms with Crippen LogP contribution in [0.4, 0.5) is 0 Å². The van der Waals surface area contributed by atoms with E-state index in [1.165, 1.54) is 15.9 Å². The maximum absolute atomic E-state index is 13.9. The quantitative estimate of drug-likeness (QED) is 0.354. The van der Waals surface area contributed by atoms with Crippen molar-refractivity contribution in [3.63, 3.8) is 0 Å². The van der Waals surface area contributed by atoms with Gasteiger partial charge in [-0.15, -0.1) is 0 Å². The Bertz CT molecular complexity index is 1570. The molecule has 2 heterocycles. The summed E-state index contributed by atoms with van der Waals surface area (Å²) in [7, 11) is 1.57. The van der Waals surface area contributed by atoms with Crippen molar-refractivity contribution in [2.75, 3.05) is 13.7 Å². The van der Waals surface area contributed by atoms with E-state index in [0.29, 0.717) is 42.7 Å². The van der Waals surface area contributed by atoms with Crippen LogP contribution in [0, 0.1) is 0 Å². The number of esters is 1. The summed E-state index contributed by atoms with van der Waals surface area (Å²) in [6, 6.07) is 10.0. The number of fused-ring (bicyclic) bond motifs is 1. The molecule has 37 heavy (non-hydrogen) atoms. The summed E-state index contributed by atoms with van der Waals surface area (Å²) in [5.74, 6) is 0.529. The lowest BCUT2D eigenvalue weighted by atomic mass is 9.96. The summed E-state index contributed by atoms with van der Waals surface area (Å²) < 4.78 is 19.6. The van der Waals surface area contributed by atoms with Crippen molar-refractivity contribution in [2.45, 2.75) is 39.8 Å². The zero-order chi connectivity index (χ0) is 26.9. The van der Waals surface area contributed by atoms with Crippen LogP contribution in [0.1, 0.15) is 44.9 Å². The number of carbonyl (C=O) groups is 1. The van der Waals surface area contributed by atoms with Crippen molar-refractivity contribution in [3.05, 3.63) is 88.0 Å². The Morgan fingerprint density at radius 1 is 1.30 bits per heavy atom. The van der Waals surface area contributed by atoms with Crippen LogP contribution >= 0.6 is 38.9 Å². The average molecular weight is 606 g/mol. The van der Waals surface area contributed by atoms with Crippen LogP contribution < -0.4 is 24.4 Å². The molecule has 3 aromatic rings. The predicted molar refractivity (Wildman–Crippen MR) is 148 cm³/mol. The summed E-state index contributed by atoms with van der Waals surface area (Å²) in [5, 5.41) is 0.433. The van der Waals surface area contributed by atoms with Gasteiger partial charge < -0.3 is 14.2 Å². The molecular weight excluding hydrogens is 580 g/mol. The Morgan fingerprint density at radius 3 is 2.68 bits per heavy atom. The molecule has 0 saturated carbocycles. The first-order chi connectivity index (χ1) is 17.7. The standard InChI is InChI=1S/C27H26BrClN2O5S/c1-6-35-26(33)22-15(4)30-27-31(23(22)18-9-7-8-10-19(18)29)25(32)21(37-27)12-16-11-17(28)13-20(34-5)24(16)36-14(2)3/h7-14,23H,6H2,1-5H3/b21-12-/t23-/m1/s1. The van der Waals surface area contributed by atoms with Crippen molar-refractivity contribution in [1.82, 2.24) is 4.57 Å². The molecule has 0 bridgehead atoms. The first kappa shape index (κ1) is 27.2. The van der Waals surface area contributed by atoms with Gasteiger partial charge in [0.15, 0.2) is 16.3 Å². The van der Waals surface area contributed by atoms with Crippen LogP contribution in [0.25, 0.3) is 6.08 Å². The molecule has 0 amide bonds. The summed E-state index contributed by atoms with van der Waals surface area (Å²) in [4.78, 5) is 32.0. The number of hydrogen-bond donors (Lipinski definition) is 0. The molecule has 0 saturated heterocycles. The van der Waals surface area contributed by atoms with Crippen LogP contribution in [0.2, 0.25) is 5.02 Å². The van der Waals surface area contributed by atoms with E-state index in [9.17, 15) is 9.59 Å². The molecule has 0 unspecified atom stereocenters. The molecule has 10 heteroatoms. The lowest BCUT2D eigenvalue weighted by Gasteiger charge is -2.25. The number of allylic oxidation sites excluding steroid dienone is 1. The maximum atomic E-state index is 13.9. The Morgan fingerprint density at radius 2 is 2.03 bits per heavy atom. The molecule has 0 radical (unpaired) electrons. The van der Waals surface area contributed by atoms with Gasteiger partial charge in [0, 0.05) is 15.1 Å². The van der Waals surface area contributed by atoms with Gasteiger partial charge in [-0.25, -0.2) is 9.79 Å². The number of ether oxygens (including phenoxy) is 3. The normalized spacial score (nSPS) is 15.5. The van der Waals surface area contributed by atoms with Gasteiger partial charge in [-0.3, -0.25) is 9.36 Å². The molecule has 7 nitrogen and oxygen atoms in total. The van der Waals surface area contributed by atoms with E-state index in [2.05, 4.69) is 20.9 Å². The molecular formula is C27H26BrClN2O5S. The van der Waals surface area contributed by atoms with E-state index >= 15 is 0 Å². The van der Waals surface area contributed by atoms with Gasteiger partial charge in [0.2, 0.25) is 0 Å². The number of halogens is 2. The zero-order valence-corrected chi connectivity index (χ0v) is 24.2. The highest BCUT2D eigenvalue weighted by molar-refractivity contribution is 9.10. The Hall–Kier alpha value is -2.88. The third kappa shape index (κ3) is 5.39. The minimum atomic E-state index is -0.783. The van der Waals surface area contributed by atoms with Crippen molar-refractivity contribution >= 4 is 50.9 Å². The predicted octanol–water partition coefficient (Wildman–Crippen LogP) is 5.01. The van der Waals surface area contributed by atoms with Crippen LogP contribution in [0.15, 0.2) is 61.9 Å². The molecule has 4 rings (SSSR count). The number of carbonyl (C=O) groups excluding carboxylic acids is 1. The van der Waals surface area contributed by atoms with E-state index in [4.69, 9.17) is 25.8 Å². The van der Waals surface area contributed by atoms with Gasteiger partial charge in [0.25, 0.3) is 5.56 Å². The van der Waals surface area contributed by atoms with Crippen LogP contribution in [0.3, 0.4) is 0 Å². The highest BCUT2D eigenvalue weighted by Crippen LogP contribution is 2.37. The van der Waals surface area contributed by atoms with Gasteiger partial charge in [0.05, 0.1) is 35.6 Å². The van der Waals surface area contributed by atoms with Gasteiger partial charge in [-0.05, 0) is 57.5 Å². The molecule has 0 fully saturated rings. The number of methoxy groups -OCH3 is 1. The fourth-order valence-corrected chi connectivity index (χ4v) is 5.86. The Balaban J connectivity index is 2.00. The molecule has 2 aromatic carbocycles. The van der Waals surface area contributed by atoms with Crippen molar-refractivity contribution in [1.29, 1.82) is 0 Å². The fraction of sp³-hybridized carbons (Fsp3) is 0.296. The molecule has 1 atom stereocenters. The molecule has 1 aromatic heterocycles. The van der Waals surface area contributed by atoms with E-state index in [1.54, 1.807) is 45.2 Å². The highest BCUT2D eigenvalue weighted by Gasteiger charge is 2.34. The van der Waals surface area contributed by atoms with Gasteiger partial charge in [-0.1, -0.05) is 57.1 Å². The third-order valence-corrected chi connectivity index (χ3v) is 7.41. The Kier molecular flexibility index (Phi) is 8.26. The van der Waals surface area contributed by atoms with Gasteiger partial charge in [-0.2, -0.15) is 0 Å². The maximum Gasteiger partial charge on any atom is 0.338 e. The van der Waals surface area contributed by atoms with Crippen LogP contribution in [-0.4, -0.2) is 30.4 Å². The van der Waals surface area contributed by atoms with Crippen molar-refractivity contribution in [3.8, 4) is 11.5 Å². The van der Waals surface area contributed by atoms with E-state index in [0.717, 1.165) is 4.47 Å². The smallest absolute Gasteiger partial charge is 0.338 e. The van der Waals surface area contributed by atoms with Gasteiger partial charge in [0.1, 0.15) is 6.04 Å². The highest BCUT2D eigenvalue weighted by atomic mass is 79.9. The summed E-state index contributed by atoms with van der Waals surface area (Å²) in [6.45, 7) is 7.50. The number of aromatic nitrogens is 1. The number of thiazole rings is 1. The minimum absolute atomic E-state index is 0.113. The molecule has 0 N–H and O–H groups in total. The van der Waals surface area contributed by atoms with Crippen LogP contribution in [0.5, 0.6) is 11.5 Å². The fourth-order valence-electron chi connectivity index (χ4n) is 4.13. The summed E-state index contributed by atoms with van der Waals surface area (Å²) >= 11 is 11.3. The van der Waals surface area contributed by atoms with Crippen molar-refractivity contribution in [2.24, 2.45) is 4.99 Å². The van der Waals surface area contributed by atoms with E-state index in [1.807, 2.05) is 32.0 Å². The number of benzene rings is 2. The molecule has 0 spiro atoms. The zero-order valence-electron chi connectivity index (χ0n) is 21.0. The first-order valence-corrected chi connectivity index (χ1v) is 13.6. The molecule has 0 aliphatic carbocycles. The topological polar surface area (TPSA) is 79.1 Å². The average Bonchev–Trinajstić information content (AvgIpc) is 3.14. The third-order valence-electron chi connectivity index (χ3n) is 5.63. The van der Waals surface area contributed by atoms with Gasteiger partial charge >= 0.3 is 5.97 Å². The second kappa shape index (κ2) is 11.2. The molecule has 1 aliphatic heterocycles. The first-order valence-electron chi connectivity index (χ1n) is 11.6. The lowest BCUT2D eigenvalue weighted by molar-refractivity contribution is -0.139. The summed E-state index contributed by atoms with van der Waals surface area (Å²) in [6.07, 6.45) is 1.64. The van der Waals surface area contributed by atoms with Crippen LogP contribution in [-0.2, 0) is 9.53 Å². The number of nitrogens with zero attached hydrogens (tertiary/aromatic N) is 2. The molecule has 1 aliphatic rings. The minimum Gasteiger partial charge on any atom is -0.493 e. The number of hydrogen-bond acceptors (Lipinski definition) is 7. The van der Waals surface area contributed by atoms with E-state index < -0.39 is 12.0 Å². The SMILES string of the molecule is CCOC(=O)C1=C(C)N=c2s/c(=C\c3cc(Br)cc(OC)c3OC(C)C)c(=O)n2[C@@H]1c1ccccc1Cl.